The molecule has 0 radical (unpaired) electrons. The number of nitrogens with one attached hydrogen (secondary N) is 1. The molecule has 1 aliphatic heterocycles. The predicted octanol–water partition coefficient (Wildman–Crippen LogP) is 8.33. The third-order valence-electron chi connectivity index (χ3n) is 7.94. The highest BCUT2D eigenvalue weighted by Crippen LogP contribution is 2.44. The summed E-state index contributed by atoms with van der Waals surface area (Å²) >= 11 is 6.00. The van der Waals surface area contributed by atoms with Crippen LogP contribution in [0.5, 0.6) is 11.5 Å². The van der Waals surface area contributed by atoms with Gasteiger partial charge in [-0.05, 0) is 111 Å². The third kappa shape index (κ3) is 5.00. The number of pyridine rings is 1. The molecule has 5 aromatic rings. The first-order chi connectivity index (χ1) is 20.0. The van der Waals surface area contributed by atoms with Crippen molar-refractivity contribution in [3.8, 4) is 17.2 Å². The van der Waals surface area contributed by atoms with Crippen LogP contribution in [0.1, 0.15) is 52.8 Å². The molecule has 0 bridgehead atoms. The van der Waals surface area contributed by atoms with Crippen molar-refractivity contribution in [3.63, 3.8) is 0 Å². The number of aromatic nitrogens is 2. The fraction of sp³-hybridized carbons (Fsp3) is 0.200. The molecule has 41 heavy (non-hydrogen) atoms. The molecule has 3 heterocycles. The van der Waals surface area contributed by atoms with Crippen molar-refractivity contribution in [2.45, 2.75) is 46.2 Å². The smallest absolute Gasteiger partial charge is 0.174 e. The molecule has 6 heteroatoms. The number of ether oxygens (including phenoxy) is 1. The minimum Gasteiger partial charge on any atom is -0.457 e. The number of anilines is 1. The van der Waals surface area contributed by atoms with Gasteiger partial charge in [0.15, 0.2) is 5.11 Å². The monoisotopic (exact) mass is 558 g/mol. The van der Waals surface area contributed by atoms with Crippen LogP contribution in [0.15, 0.2) is 103 Å². The molecule has 2 aromatic heterocycles. The van der Waals surface area contributed by atoms with E-state index >= 15 is 0 Å². The number of hydrogen-bond donors (Lipinski definition) is 1. The number of hydrogen-bond acceptors (Lipinski definition) is 3. The molecule has 1 N–H and O–H groups in total. The van der Waals surface area contributed by atoms with Gasteiger partial charge in [-0.15, -0.1) is 0 Å². The molecule has 0 unspecified atom stereocenters. The Morgan fingerprint density at radius 3 is 2.34 bits per heavy atom. The normalized spacial score (nSPS) is 16.6. The fourth-order valence-corrected chi connectivity index (χ4v) is 6.25. The molecule has 3 aromatic carbocycles. The SMILES string of the molecule is CCc1ccccc1-n1c(C)cc([C@@H]2[C@@H](c3ccccn3)NC(=S)N2c2ccc(Oc3ccccc3C)cc2)c1C. The maximum absolute atomic E-state index is 6.18. The van der Waals surface area contributed by atoms with E-state index in [2.05, 4.69) is 97.1 Å². The summed E-state index contributed by atoms with van der Waals surface area (Å²) < 4.78 is 8.56. The van der Waals surface area contributed by atoms with Gasteiger partial charge in [0, 0.05) is 29.0 Å². The standard InChI is InChI=1S/C35H34N4OS/c1-5-26-13-7-8-15-31(26)38-24(3)22-29(25(38)4)34-33(30-14-10-11-21-36-30)37-35(41)39(34)27-17-19-28(20-18-27)40-32-16-9-6-12-23(32)2/h6-22,33-34H,5H2,1-4H3,(H,37,41)/t33-,34-/m1/s1. The van der Waals surface area contributed by atoms with E-state index in [1.54, 1.807) is 0 Å². The van der Waals surface area contributed by atoms with Crippen LogP contribution in [0, 0.1) is 20.8 Å². The van der Waals surface area contributed by atoms with E-state index in [1.165, 1.54) is 28.2 Å². The first-order valence-electron chi connectivity index (χ1n) is 14.1. The van der Waals surface area contributed by atoms with Crippen molar-refractivity contribution in [2.75, 3.05) is 4.90 Å². The second-order valence-corrected chi connectivity index (χ2v) is 10.9. The topological polar surface area (TPSA) is 42.3 Å². The number of nitrogens with zero attached hydrogens (tertiary/aromatic N) is 3. The summed E-state index contributed by atoms with van der Waals surface area (Å²) in [4.78, 5) is 6.96. The summed E-state index contributed by atoms with van der Waals surface area (Å²) in [7, 11) is 0. The first-order valence-corrected chi connectivity index (χ1v) is 14.5. The van der Waals surface area contributed by atoms with Crippen LogP contribution < -0.4 is 15.0 Å². The van der Waals surface area contributed by atoms with E-state index in [4.69, 9.17) is 21.9 Å². The van der Waals surface area contributed by atoms with Gasteiger partial charge < -0.3 is 19.5 Å². The number of benzene rings is 3. The van der Waals surface area contributed by atoms with Crippen LogP contribution in [0.4, 0.5) is 5.69 Å². The molecule has 206 valence electrons. The lowest BCUT2D eigenvalue weighted by Crippen LogP contribution is -2.29. The molecule has 0 amide bonds. The molecular formula is C35H34N4OS. The van der Waals surface area contributed by atoms with Crippen LogP contribution in [-0.4, -0.2) is 14.7 Å². The highest BCUT2D eigenvalue weighted by atomic mass is 32.1. The van der Waals surface area contributed by atoms with E-state index in [9.17, 15) is 0 Å². The van der Waals surface area contributed by atoms with E-state index < -0.39 is 0 Å². The van der Waals surface area contributed by atoms with Gasteiger partial charge in [0.1, 0.15) is 11.5 Å². The summed E-state index contributed by atoms with van der Waals surface area (Å²) in [6, 6.07) is 33.0. The summed E-state index contributed by atoms with van der Waals surface area (Å²) in [6.45, 7) is 8.65. The lowest BCUT2D eigenvalue weighted by molar-refractivity contribution is 0.479. The second-order valence-electron chi connectivity index (χ2n) is 10.5. The fourth-order valence-electron chi connectivity index (χ4n) is 5.91. The van der Waals surface area contributed by atoms with Crippen LogP contribution in [-0.2, 0) is 6.42 Å². The third-order valence-corrected chi connectivity index (χ3v) is 8.25. The summed E-state index contributed by atoms with van der Waals surface area (Å²) in [5, 5.41) is 4.28. The van der Waals surface area contributed by atoms with Crippen molar-refractivity contribution in [2.24, 2.45) is 0 Å². The maximum atomic E-state index is 6.18. The van der Waals surface area contributed by atoms with Gasteiger partial charge in [0.05, 0.1) is 17.8 Å². The molecule has 0 aliphatic carbocycles. The molecule has 5 nitrogen and oxygen atoms in total. The van der Waals surface area contributed by atoms with Gasteiger partial charge in [-0.2, -0.15) is 0 Å². The first kappa shape index (κ1) is 26.8. The number of para-hydroxylation sites is 2. The lowest BCUT2D eigenvalue weighted by Gasteiger charge is -2.28. The van der Waals surface area contributed by atoms with Crippen LogP contribution >= 0.6 is 12.2 Å². The second kappa shape index (κ2) is 11.2. The minimum absolute atomic E-state index is 0.0886. The van der Waals surface area contributed by atoms with Gasteiger partial charge in [-0.1, -0.05) is 49.4 Å². The van der Waals surface area contributed by atoms with Crippen LogP contribution in [0.3, 0.4) is 0 Å². The molecule has 0 spiro atoms. The Kier molecular flexibility index (Phi) is 7.33. The Morgan fingerprint density at radius 1 is 0.878 bits per heavy atom. The minimum atomic E-state index is -0.109. The Labute approximate surface area is 247 Å². The molecule has 1 aliphatic rings. The number of aryl methyl sites for hydroxylation is 3. The van der Waals surface area contributed by atoms with Gasteiger partial charge in [0.2, 0.25) is 0 Å². The Bertz CT molecular complexity index is 1690. The van der Waals surface area contributed by atoms with Crippen LogP contribution in [0.25, 0.3) is 5.69 Å². The maximum Gasteiger partial charge on any atom is 0.174 e. The van der Waals surface area contributed by atoms with Gasteiger partial charge in [-0.25, -0.2) is 0 Å². The summed E-state index contributed by atoms with van der Waals surface area (Å²) in [6.07, 6.45) is 2.81. The highest BCUT2D eigenvalue weighted by Gasteiger charge is 2.42. The zero-order chi connectivity index (χ0) is 28.5. The van der Waals surface area contributed by atoms with Crippen molar-refractivity contribution in [1.82, 2.24) is 14.9 Å². The molecule has 1 saturated heterocycles. The average Bonchev–Trinajstić information content (AvgIpc) is 3.49. The van der Waals surface area contributed by atoms with Gasteiger partial charge in [-0.3, -0.25) is 4.98 Å². The number of rotatable bonds is 7. The number of thiocarbonyl (C=S) groups is 1. The highest BCUT2D eigenvalue weighted by molar-refractivity contribution is 7.80. The quantitative estimate of drug-likeness (QED) is 0.203. The molecule has 2 atom stereocenters. The van der Waals surface area contributed by atoms with E-state index in [0.29, 0.717) is 5.11 Å². The average molecular weight is 559 g/mol. The molecule has 0 saturated carbocycles. The van der Waals surface area contributed by atoms with Crippen molar-refractivity contribution < 1.29 is 4.74 Å². The van der Waals surface area contributed by atoms with E-state index in [0.717, 1.165) is 34.9 Å². The predicted molar refractivity (Wildman–Crippen MR) is 170 cm³/mol. The van der Waals surface area contributed by atoms with Crippen molar-refractivity contribution >= 4 is 23.0 Å². The summed E-state index contributed by atoms with van der Waals surface area (Å²) in [5.41, 5.74) is 9.22. The Hall–Kier alpha value is -4.42. The Morgan fingerprint density at radius 2 is 1.61 bits per heavy atom. The molecular weight excluding hydrogens is 524 g/mol. The molecule has 6 rings (SSSR count). The Balaban J connectivity index is 1.43. The van der Waals surface area contributed by atoms with Gasteiger partial charge in [0.25, 0.3) is 0 Å². The van der Waals surface area contributed by atoms with E-state index in [1.807, 2.05) is 48.7 Å². The summed E-state index contributed by atoms with van der Waals surface area (Å²) in [5.74, 6) is 1.64. The van der Waals surface area contributed by atoms with Gasteiger partial charge >= 0.3 is 0 Å². The van der Waals surface area contributed by atoms with E-state index in [-0.39, 0.29) is 12.1 Å². The zero-order valence-corrected chi connectivity index (χ0v) is 24.7. The molecule has 1 fully saturated rings. The lowest BCUT2D eigenvalue weighted by atomic mass is 9.96. The van der Waals surface area contributed by atoms with Crippen molar-refractivity contribution in [3.05, 3.63) is 137 Å². The zero-order valence-electron chi connectivity index (χ0n) is 23.8. The largest absolute Gasteiger partial charge is 0.457 e. The van der Waals surface area contributed by atoms with Crippen molar-refractivity contribution in [1.29, 1.82) is 0 Å². The van der Waals surface area contributed by atoms with Crippen LogP contribution in [0.2, 0.25) is 0 Å².